The maximum absolute atomic E-state index is 12.2. The highest BCUT2D eigenvalue weighted by Crippen LogP contribution is 2.23. The second-order valence-corrected chi connectivity index (χ2v) is 6.88. The average molecular weight is 359 g/mol. The molecular formula is C19H21NO4S. The van der Waals surface area contributed by atoms with Gasteiger partial charge in [-0.15, -0.1) is 11.3 Å². The smallest absolute Gasteiger partial charge is 0.349 e. The summed E-state index contributed by atoms with van der Waals surface area (Å²) in [4.78, 5) is 37.4. The summed E-state index contributed by atoms with van der Waals surface area (Å²) < 4.78 is 5.25. The van der Waals surface area contributed by atoms with Crippen LogP contribution >= 0.6 is 11.3 Å². The van der Waals surface area contributed by atoms with Gasteiger partial charge in [0, 0.05) is 16.1 Å². The van der Waals surface area contributed by atoms with E-state index in [2.05, 4.69) is 5.32 Å². The number of hydrogen-bond donors (Lipinski definition) is 1. The minimum absolute atomic E-state index is 0.0876. The van der Waals surface area contributed by atoms with Gasteiger partial charge in [-0.25, -0.2) is 4.79 Å². The lowest BCUT2D eigenvalue weighted by Gasteiger charge is -2.13. The van der Waals surface area contributed by atoms with E-state index in [1.165, 1.54) is 25.2 Å². The molecule has 0 saturated carbocycles. The van der Waals surface area contributed by atoms with Crippen LogP contribution in [0, 0.1) is 6.92 Å². The van der Waals surface area contributed by atoms with Gasteiger partial charge in [-0.3, -0.25) is 9.59 Å². The van der Waals surface area contributed by atoms with Crippen LogP contribution in [0.4, 0.5) is 5.69 Å². The summed E-state index contributed by atoms with van der Waals surface area (Å²) in [6.07, 6.45) is -0.0901. The maximum Gasteiger partial charge on any atom is 0.349 e. The van der Waals surface area contributed by atoms with Crippen molar-refractivity contribution in [1.29, 1.82) is 0 Å². The monoisotopic (exact) mass is 359 g/mol. The summed E-state index contributed by atoms with van der Waals surface area (Å²) in [5, 5.41) is 2.66. The molecule has 25 heavy (non-hydrogen) atoms. The van der Waals surface area contributed by atoms with Crippen molar-refractivity contribution in [2.45, 2.75) is 40.2 Å². The molecule has 0 fully saturated rings. The SMILES string of the molecule is CCc1sc(C(=O)O[C@@H](C)C(=O)Nc2cccc(C(C)=O)c2)cc1C. The van der Waals surface area contributed by atoms with Crippen molar-refractivity contribution in [3.05, 3.63) is 51.2 Å². The number of hydrogen-bond acceptors (Lipinski definition) is 5. The van der Waals surface area contributed by atoms with Crippen LogP contribution < -0.4 is 5.32 Å². The molecule has 1 aromatic carbocycles. The summed E-state index contributed by atoms with van der Waals surface area (Å²) in [6.45, 7) is 6.95. The molecule has 0 saturated heterocycles. The molecule has 1 amide bonds. The van der Waals surface area contributed by atoms with Gasteiger partial charge in [0.2, 0.25) is 0 Å². The summed E-state index contributed by atoms with van der Waals surface area (Å²) in [5.41, 5.74) is 2.04. The molecule has 0 aliphatic heterocycles. The minimum atomic E-state index is -0.944. The number of aryl methyl sites for hydroxylation is 2. The molecule has 0 unspecified atom stereocenters. The van der Waals surface area contributed by atoms with Gasteiger partial charge in [0.1, 0.15) is 4.88 Å². The van der Waals surface area contributed by atoms with Crippen molar-refractivity contribution in [3.8, 4) is 0 Å². The first kappa shape index (κ1) is 18.9. The summed E-state index contributed by atoms with van der Waals surface area (Å²) in [7, 11) is 0. The van der Waals surface area contributed by atoms with Gasteiger partial charge in [0.05, 0.1) is 0 Å². The average Bonchev–Trinajstić information content (AvgIpc) is 2.96. The van der Waals surface area contributed by atoms with E-state index in [1.54, 1.807) is 30.3 Å². The van der Waals surface area contributed by atoms with Crippen LogP contribution in [0.1, 0.15) is 51.2 Å². The lowest BCUT2D eigenvalue weighted by Crippen LogP contribution is -2.29. The van der Waals surface area contributed by atoms with Gasteiger partial charge in [0.15, 0.2) is 11.9 Å². The summed E-state index contributed by atoms with van der Waals surface area (Å²) in [5.74, 6) is -1.04. The highest BCUT2D eigenvalue weighted by Gasteiger charge is 2.21. The fourth-order valence-corrected chi connectivity index (χ4v) is 3.30. The normalized spacial score (nSPS) is 11.7. The van der Waals surface area contributed by atoms with Crippen molar-refractivity contribution in [1.82, 2.24) is 0 Å². The zero-order chi connectivity index (χ0) is 18.6. The molecule has 1 aromatic heterocycles. The van der Waals surface area contributed by atoms with E-state index >= 15 is 0 Å². The number of rotatable bonds is 6. The largest absolute Gasteiger partial charge is 0.448 e. The maximum atomic E-state index is 12.2. The number of ketones is 1. The lowest BCUT2D eigenvalue weighted by molar-refractivity contribution is -0.123. The van der Waals surface area contributed by atoms with Crippen LogP contribution in [0.15, 0.2) is 30.3 Å². The molecule has 0 bridgehead atoms. The number of carbonyl (C=O) groups excluding carboxylic acids is 3. The first-order valence-electron chi connectivity index (χ1n) is 8.04. The molecule has 0 aliphatic rings. The lowest BCUT2D eigenvalue weighted by atomic mass is 10.1. The van der Waals surface area contributed by atoms with Gasteiger partial charge in [-0.1, -0.05) is 19.1 Å². The second-order valence-electron chi connectivity index (χ2n) is 5.74. The van der Waals surface area contributed by atoms with Crippen LogP contribution in [0.5, 0.6) is 0 Å². The van der Waals surface area contributed by atoms with E-state index < -0.39 is 18.0 Å². The van der Waals surface area contributed by atoms with E-state index in [-0.39, 0.29) is 5.78 Å². The third kappa shape index (κ3) is 4.76. The van der Waals surface area contributed by atoms with Gasteiger partial charge >= 0.3 is 5.97 Å². The topological polar surface area (TPSA) is 72.5 Å². The van der Waals surface area contributed by atoms with Gasteiger partial charge < -0.3 is 10.1 Å². The summed E-state index contributed by atoms with van der Waals surface area (Å²) in [6, 6.07) is 8.41. The molecule has 2 aromatic rings. The molecule has 0 spiro atoms. The van der Waals surface area contributed by atoms with Crippen molar-refractivity contribution >= 4 is 34.7 Å². The van der Waals surface area contributed by atoms with Crippen LogP contribution in [-0.4, -0.2) is 23.8 Å². The number of carbonyl (C=O) groups is 3. The number of amides is 1. The van der Waals surface area contributed by atoms with E-state index in [0.717, 1.165) is 16.9 Å². The Morgan fingerprint density at radius 1 is 1.24 bits per heavy atom. The van der Waals surface area contributed by atoms with Crippen molar-refractivity contribution < 1.29 is 19.1 Å². The molecule has 1 heterocycles. The summed E-state index contributed by atoms with van der Waals surface area (Å²) >= 11 is 1.39. The number of anilines is 1. The highest BCUT2D eigenvalue weighted by molar-refractivity contribution is 7.14. The Labute approximate surface area is 151 Å². The van der Waals surface area contributed by atoms with E-state index in [9.17, 15) is 14.4 Å². The molecule has 132 valence electrons. The van der Waals surface area contributed by atoms with Crippen molar-refractivity contribution in [2.24, 2.45) is 0 Å². The number of esters is 1. The Balaban J connectivity index is 2.01. The van der Waals surface area contributed by atoms with Crippen LogP contribution in [0.3, 0.4) is 0 Å². The number of ether oxygens (including phenoxy) is 1. The van der Waals surface area contributed by atoms with E-state index in [4.69, 9.17) is 4.74 Å². The third-order valence-corrected chi connectivity index (χ3v) is 5.09. The van der Waals surface area contributed by atoms with Crippen molar-refractivity contribution in [3.63, 3.8) is 0 Å². The van der Waals surface area contributed by atoms with Crippen molar-refractivity contribution in [2.75, 3.05) is 5.32 Å². The molecule has 1 atom stereocenters. The Morgan fingerprint density at radius 3 is 2.56 bits per heavy atom. The molecule has 1 N–H and O–H groups in total. The molecular weight excluding hydrogens is 338 g/mol. The van der Waals surface area contributed by atoms with Crippen LogP contribution in [0.2, 0.25) is 0 Å². The fraction of sp³-hybridized carbons (Fsp3) is 0.316. The zero-order valence-electron chi connectivity index (χ0n) is 14.7. The first-order valence-corrected chi connectivity index (χ1v) is 8.85. The Bertz CT molecular complexity index is 810. The predicted molar refractivity (Wildman–Crippen MR) is 98.4 cm³/mol. The highest BCUT2D eigenvalue weighted by atomic mass is 32.1. The number of thiophene rings is 1. The van der Waals surface area contributed by atoms with Gasteiger partial charge in [-0.05, 0) is 51.0 Å². The molecule has 6 heteroatoms. The molecule has 0 aliphatic carbocycles. The molecule has 2 rings (SSSR count). The quantitative estimate of drug-likeness (QED) is 0.625. The van der Waals surface area contributed by atoms with E-state index in [0.29, 0.717) is 16.1 Å². The molecule has 5 nitrogen and oxygen atoms in total. The first-order chi connectivity index (χ1) is 11.8. The Hall–Kier alpha value is -2.47. The number of benzene rings is 1. The second kappa shape index (κ2) is 8.07. The van der Waals surface area contributed by atoms with Gasteiger partial charge in [0.25, 0.3) is 5.91 Å². The van der Waals surface area contributed by atoms with E-state index in [1.807, 2.05) is 13.8 Å². The minimum Gasteiger partial charge on any atom is -0.448 e. The number of Topliss-reactive ketones (excluding diaryl/α,β-unsaturated/α-hetero) is 1. The van der Waals surface area contributed by atoms with Crippen LogP contribution in [-0.2, 0) is 16.0 Å². The van der Waals surface area contributed by atoms with Crippen LogP contribution in [0.25, 0.3) is 0 Å². The standard InChI is InChI=1S/C19H21NO4S/c1-5-16-11(2)9-17(25-16)19(23)24-13(4)18(22)20-15-8-6-7-14(10-15)12(3)21/h6-10,13H,5H2,1-4H3,(H,20,22)/t13-/m0/s1. The fourth-order valence-electron chi connectivity index (χ4n) is 2.30. The zero-order valence-corrected chi connectivity index (χ0v) is 15.5. The Morgan fingerprint density at radius 2 is 1.96 bits per heavy atom. The molecule has 0 radical (unpaired) electrons. The van der Waals surface area contributed by atoms with Gasteiger partial charge in [-0.2, -0.15) is 0 Å². The third-order valence-electron chi connectivity index (χ3n) is 3.73. The Kier molecular flexibility index (Phi) is 6.09. The number of nitrogens with one attached hydrogen (secondary N) is 1. The predicted octanol–water partition coefficient (Wildman–Crippen LogP) is 4.01.